The van der Waals surface area contributed by atoms with Crippen molar-refractivity contribution in [2.75, 3.05) is 22.9 Å². The van der Waals surface area contributed by atoms with E-state index in [-0.39, 0.29) is 12.2 Å². The highest BCUT2D eigenvalue weighted by Crippen LogP contribution is 2.37. The van der Waals surface area contributed by atoms with Gasteiger partial charge in [0.15, 0.2) is 0 Å². The fraction of sp³-hybridized carbons (Fsp3) is 0.370. The second kappa shape index (κ2) is 9.24. The van der Waals surface area contributed by atoms with E-state index in [2.05, 4.69) is 20.7 Å². The van der Waals surface area contributed by atoms with Gasteiger partial charge in [-0.15, -0.1) is 13.2 Å². The van der Waals surface area contributed by atoms with Crippen LogP contribution in [0.1, 0.15) is 38.7 Å². The van der Waals surface area contributed by atoms with Crippen LogP contribution in [0.2, 0.25) is 0 Å². The van der Waals surface area contributed by atoms with E-state index in [4.69, 9.17) is 0 Å². The standard InChI is InChI=1S/C27H27F3N4O3/c1-26(2)24(35)34(19-9-11-20(12-10-19)37-27(28,29)30)25(36)33(26)17-18-13-14-31-21-7-6-8-22(23(18)21)32-15-4-3-5-16-32/h6-14H,3-5,15-17H2,1-2H3. The Morgan fingerprint density at radius 1 is 0.973 bits per heavy atom. The Hall–Kier alpha value is -3.82. The average molecular weight is 513 g/mol. The number of pyridine rings is 1. The zero-order valence-corrected chi connectivity index (χ0v) is 20.6. The van der Waals surface area contributed by atoms with E-state index in [0.29, 0.717) is 0 Å². The molecule has 0 aliphatic carbocycles. The van der Waals surface area contributed by atoms with Crippen LogP contribution in [0.3, 0.4) is 0 Å². The predicted molar refractivity (Wildman–Crippen MR) is 133 cm³/mol. The van der Waals surface area contributed by atoms with Crippen molar-refractivity contribution in [3.05, 3.63) is 60.3 Å². The Balaban J connectivity index is 1.47. The zero-order chi connectivity index (χ0) is 26.4. The van der Waals surface area contributed by atoms with Gasteiger partial charge in [0.05, 0.1) is 11.2 Å². The smallest absolute Gasteiger partial charge is 0.406 e. The fourth-order valence-corrected chi connectivity index (χ4v) is 5.08. The Bertz CT molecular complexity index is 1330. The van der Waals surface area contributed by atoms with Gasteiger partial charge in [-0.2, -0.15) is 0 Å². The summed E-state index contributed by atoms with van der Waals surface area (Å²) in [5, 5.41) is 0.954. The zero-order valence-electron chi connectivity index (χ0n) is 20.6. The van der Waals surface area contributed by atoms with E-state index in [9.17, 15) is 22.8 Å². The molecule has 7 nitrogen and oxygen atoms in total. The van der Waals surface area contributed by atoms with E-state index in [1.165, 1.54) is 23.5 Å². The number of hydrogen-bond acceptors (Lipinski definition) is 5. The third kappa shape index (κ3) is 4.68. The molecule has 2 aliphatic heterocycles. The summed E-state index contributed by atoms with van der Waals surface area (Å²) in [6.07, 6.45) is 0.286. The van der Waals surface area contributed by atoms with Crippen molar-refractivity contribution in [2.24, 2.45) is 0 Å². The number of aromatic nitrogens is 1. The maximum absolute atomic E-state index is 13.6. The molecule has 2 fully saturated rings. The number of anilines is 2. The molecule has 5 rings (SSSR count). The van der Waals surface area contributed by atoms with Crippen LogP contribution >= 0.6 is 0 Å². The molecule has 2 aromatic carbocycles. The lowest BCUT2D eigenvalue weighted by atomic mass is 10.0. The molecule has 2 aliphatic rings. The third-order valence-corrected chi connectivity index (χ3v) is 7.01. The van der Waals surface area contributed by atoms with E-state index >= 15 is 0 Å². The first-order valence-corrected chi connectivity index (χ1v) is 12.2. The number of carbonyl (C=O) groups is 2. The quantitative estimate of drug-likeness (QED) is 0.400. The summed E-state index contributed by atoms with van der Waals surface area (Å²) in [5.74, 6) is -0.892. The lowest BCUT2D eigenvalue weighted by molar-refractivity contribution is -0.274. The van der Waals surface area contributed by atoms with Gasteiger partial charge in [-0.25, -0.2) is 9.69 Å². The van der Waals surface area contributed by atoms with Crippen LogP contribution < -0.4 is 14.5 Å². The normalized spacial score (nSPS) is 18.1. The molecule has 3 amide bonds. The lowest BCUT2D eigenvalue weighted by Gasteiger charge is -2.32. The second-order valence-corrected chi connectivity index (χ2v) is 9.80. The van der Waals surface area contributed by atoms with E-state index in [0.717, 1.165) is 65.1 Å². The van der Waals surface area contributed by atoms with Crippen LogP contribution in [-0.4, -0.2) is 46.8 Å². The van der Waals surface area contributed by atoms with Gasteiger partial charge in [-0.1, -0.05) is 6.07 Å². The maximum Gasteiger partial charge on any atom is 0.573 e. The molecule has 37 heavy (non-hydrogen) atoms. The number of amides is 3. The highest BCUT2D eigenvalue weighted by molar-refractivity contribution is 6.23. The number of imide groups is 1. The van der Waals surface area contributed by atoms with Gasteiger partial charge < -0.3 is 14.5 Å². The fourth-order valence-electron chi connectivity index (χ4n) is 5.08. The van der Waals surface area contributed by atoms with Gasteiger partial charge in [0, 0.05) is 36.9 Å². The summed E-state index contributed by atoms with van der Waals surface area (Å²) in [5.41, 5.74) is 1.75. The Labute approximate surface area is 212 Å². The third-order valence-electron chi connectivity index (χ3n) is 7.01. The number of urea groups is 1. The van der Waals surface area contributed by atoms with E-state index < -0.39 is 29.6 Å². The average Bonchev–Trinajstić information content (AvgIpc) is 3.03. The first-order valence-electron chi connectivity index (χ1n) is 12.2. The van der Waals surface area contributed by atoms with Gasteiger partial charge in [0.25, 0.3) is 5.91 Å². The molecule has 0 radical (unpaired) electrons. The number of piperidine rings is 1. The second-order valence-electron chi connectivity index (χ2n) is 9.80. The molecule has 0 bridgehead atoms. The number of alkyl halides is 3. The largest absolute Gasteiger partial charge is 0.573 e. The van der Waals surface area contributed by atoms with Crippen molar-refractivity contribution in [1.29, 1.82) is 0 Å². The number of ether oxygens (including phenoxy) is 1. The summed E-state index contributed by atoms with van der Waals surface area (Å²) in [7, 11) is 0. The van der Waals surface area contributed by atoms with Crippen LogP contribution in [0.15, 0.2) is 54.7 Å². The van der Waals surface area contributed by atoms with Crippen LogP contribution in [0.25, 0.3) is 10.9 Å². The van der Waals surface area contributed by atoms with Crippen molar-refractivity contribution >= 4 is 34.2 Å². The molecular formula is C27H27F3N4O3. The van der Waals surface area contributed by atoms with Crippen molar-refractivity contribution in [3.63, 3.8) is 0 Å². The first-order chi connectivity index (χ1) is 17.6. The molecule has 3 aromatic rings. The van der Waals surface area contributed by atoms with Crippen molar-refractivity contribution < 1.29 is 27.5 Å². The van der Waals surface area contributed by atoms with Gasteiger partial charge in [-0.05, 0) is 81.1 Å². The predicted octanol–water partition coefficient (Wildman–Crippen LogP) is 5.87. The topological polar surface area (TPSA) is 66.0 Å². The molecule has 0 atom stereocenters. The molecule has 1 aromatic heterocycles. The van der Waals surface area contributed by atoms with Gasteiger partial charge in [0.2, 0.25) is 0 Å². The summed E-state index contributed by atoms with van der Waals surface area (Å²) in [4.78, 5) is 36.3. The van der Waals surface area contributed by atoms with Crippen LogP contribution in [0.4, 0.5) is 29.3 Å². The van der Waals surface area contributed by atoms with Crippen LogP contribution in [0.5, 0.6) is 5.75 Å². The molecule has 3 heterocycles. The molecule has 10 heteroatoms. The highest BCUT2D eigenvalue weighted by Gasteiger charge is 2.52. The summed E-state index contributed by atoms with van der Waals surface area (Å²) in [6.45, 7) is 5.41. The molecule has 0 saturated carbocycles. The number of hydrogen-bond donors (Lipinski definition) is 0. The van der Waals surface area contributed by atoms with Crippen LogP contribution in [0, 0.1) is 0 Å². The van der Waals surface area contributed by atoms with Gasteiger partial charge in [0.1, 0.15) is 11.3 Å². The van der Waals surface area contributed by atoms with Gasteiger partial charge >= 0.3 is 12.4 Å². The summed E-state index contributed by atoms with van der Waals surface area (Å²) < 4.78 is 41.5. The minimum atomic E-state index is -4.83. The number of nitrogens with zero attached hydrogens (tertiary/aromatic N) is 4. The Kier molecular flexibility index (Phi) is 6.21. The lowest BCUT2D eigenvalue weighted by Crippen LogP contribution is -2.43. The van der Waals surface area contributed by atoms with E-state index in [1.54, 1.807) is 20.0 Å². The molecule has 0 N–H and O–H groups in total. The number of benzene rings is 2. The summed E-state index contributed by atoms with van der Waals surface area (Å²) >= 11 is 0. The van der Waals surface area contributed by atoms with Crippen molar-refractivity contribution in [2.45, 2.75) is 51.6 Å². The minimum Gasteiger partial charge on any atom is -0.406 e. The van der Waals surface area contributed by atoms with Gasteiger partial charge in [-0.3, -0.25) is 9.78 Å². The SMILES string of the molecule is CC1(C)C(=O)N(c2ccc(OC(F)(F)F)cc2)C(=O)N1Cc1ccnc2cccc(N3CCCCC3)c12. The number of carbonyl (C=O) groups excluding carboxylic acids is 2. The monoisotopic (exact) mass is 512 g/mol. The number of halogens is 3. The van der Waals surface area contributed by atoms with E-state index in [1.807, 2.05) is 18.2 Å². The molecule has 0 spiro atoms. The molecule has 2 saturated heterocycles. The van der Waals surface area contributed by atoms with Crippen LogP contribution in [-0.2, 0) is 11.3 Å². The maximum atomic E-state index is 13.6. The Morgan fingerprint density at radius 2 is 1.68 bits per heavy atom. The summed E-state index contributed by atoms with van der Waals surface area (Å²) in [6, 6.07) is 12.0. The molecule has 0 unspecified atom stereocenters. The number of fused-ring (bicyclic) bond motifs is 1. The Morgan fingerprint density at radius 3 is 2.35 bits per heavy atom. The number of rotatable bonds is 5. The first kappa shape index (κ1) is 24.9. The highest BCUT2D eigenvalue weighted by atomic mass is 19.4. The van der Waals surface area contributed by atoms with Crippen molar-refractivity contribution in [3.8, 4) is 5.75 Å². The van der Waals surface area contributed by atoms with Crippen molar-refractivity contribution in [1.82, 2.24) is 9.88 Å². The molecular weight excluding hydrogens is 485 g/mol. The minimum absolute atomic E-state index is 0.174. The molecule has 194 valence electrons.